The summed E-state index contributed by atoms with van der Waals surface area (Å²) in [6.07, 6.45) is 2.41. The topological polar surface area (TPSA) is 96.9 Å². The van der Waals surface area contributed by atoms with Gasteiger partial charge in [-0.15, -0.1) is 0 Å². The van der Waals surface area contributed by atoms with Gasteiger partial charge in [0.05, 0.1) is 11.4 Å². The van der Waals surface area contributed by atoms with E-state index >= 15 is 0 Å². The summed E-state index contributed by atoms with van der Waals surface area (Å²) in [4.78, 5) is 21.0. The molecule has 0 radical (unpaired) electrons. The number of nitrogens with zero attached hydrogens (tertiary/aromatic N) is 6. The van der Waals surface area contributed by atoms with Gasteiger partial charge in [-0.2, -0.15) is 20.3 Å². The lowest BCUT2D eigenvalue weighted by Crippen LogP contribution is -2.14. The van der Waals surface area contributed by atoms with Gasteiger partial charge < -0.3 is 5.32 Å². The Balaban J connectivity index is 1.36. The summed E-state index contributed by atoms with van der Waals surface area (Å²) in [5, 5.41) is 15.5. The Morgan fingerprint density at radius 2 is 1.70 bits per heavy atom. The Labute approximate surface area is 173 Å². The molecule has 0 unspecified atom stereocenters. The normalized spacial score (nSPS) is 11.3. The first-order valence-electron chi connectivity index (χ1n) is 9.62. The first kappa shape index (κ1) is 19.4. The lowest BCUT2D eigenvalue weighted by atomic mass is 10.1. The third kappa shape index (κ3) is 4.38. The van der Waals surface area contributed by atoms with Gasteiger partial charge in [-0.05, 0) is 62.2 Å². The van der Waals surface area contributed by atoms with Crippen LogP contribution in [0.3, 0.4) is 0 Å². The highest BCUT2D eigenvalue weighted by molar-refractivity contribution is 5.91. The molecule has 150 valence electrons. The van der Waals surface area contributed by atoms with Crippen LogP contribution in [-0.2, 0) is 11.2 Å². The Bertz CT molecular complexity index is 1200. The van der Waals surface area contributed by atoms with Crippen molar-refractivity contribution in [3.05, 3.63) is 77.9 Å². The first-order chi connectivity index (χ1) is 14.6. The number of carbonyl (C=O) groups is 1. The quantitative estimate of drug-likeness (QED) is 0.474. The molecule has 0 fully saturated rings. The predicted molar refractivity (Wildman–Crippen MR) is 114 cm³/mol. The summed E-state index contributed by atoms with van der Waals surface area (Å²) in [5.41, 5.74) is 5.07. The smallest absolute Gasteiger partial charge is 0.252 e. The van der Waals surface area contributed by atoms with Crippen LogP contribution in [0.4, 0.5) is 17.1 Å². The number of azo groups is 1. The summed E-state index contributed by atoms with van der Waals surface area (Å²) in [6.45, 7) is 3.89. The van der Waals surface area contributed by atoms with Crippen LogP contribution < -0.4 is 5.32 Å². The molecule has 30 heavy (non-hydrogen) atoms. The van der Waals surface area contributed by atoms with Gasteiger partial charge in [0.15, 0.2) is 0 Å². The number of fused-ring (bicyclic) bond motifs is 1. The highest BCUT2D eigenvalue weighted by atomic mass is 16.1. The van der Waals surface area contributed by atoms with Gasteiger partial charge in [-0.25, -0.2) is 9.50 Å². The Morgan fingerprint density at radius 3 is 2.43 bits per heavy atom. The summed E-state index contributed by atoms with van der Waals surface area (Å²) < 4.78 is 1.70. The van der Waals surface area contributed by atoms with E-state index in [1.54, 1.807) is 4.52 Å². The number of amides is 1. The number of rotatable bonds is 6. The fourth-order valence-electron chi connectivity index (χ4n) is 3.20. The van der Waals surface area contributed by atoms with Crippen LogP contribution in [0.15, 0.2) is 71.2 Å². The number of hydrogen-bond acceptors (Lipinski definition) is 6. The molecule has 2 heterocycles. The van der Waals surface area contributed by atoms with Crippen molar-refractivity contribution >= 4 is 28.7 Å². The molecule has 2 aromatic carbocycles. The van der Waals surface area contributed by atoms with Gasteiger partial charge in [0.1, 0.15) is 6.33 Å². The molecule has 0 spiro atoms. The number of nitrogens with one attached hydrogen (secondary N) is 1. The molecule has 0 aliphatic rings. The number of hydrogen-bond donors (Lipinski definition) is 1. The standard InChI is InChI=1S/C22H21N7O/c1-15-20(16(2)29-22(25-15)23-14-24-29)12-13-21(30)26-17-8-10-19(11-9-17)28-27-18-6-4-3-5-7-18/h3-11,14H,12-13H2,1-2H3,(H,26,30). The SMILES string of the molecule is Cc1nc2ncnn2c(C)c1CCC(=O)Nc1ccc(N=Nc2ccccc2)cc1. The molecule has 0 saturated heterocycles. The van der Waals surface area contributed by atoms with Crippen molar-refractivity contribution in [2.24, 2.45) is 10.2 Å². The molecular weight excluding hydrogens is 378 g/mol. The van der Waals surface area contributed by atoms with E-state index in [1.807, 2.05) is 68.4 Å². The fourth-order valence-corrected chi connectivity index (χ4v) is 3.20. The number of aryl methyl sites for hydroxylation is 2. The van der Waals surface area contributed by atoms with E-state index in [0.29, 0.717) is 18.6 Å². The molecule has 4 rings (SSSR count). The van der Waals surface area contributed by atoms with Crippen LogP contribution in [-0.4, -0.2) is 25.5 Å². The van der Waals surface area contributed by atoms with Crippen LogP contribution in [0.1, 0.15) is 23.4 Å². The van der Waals surface area contributed by atoms with Gasteiger partial charge in [0, 0.05) is 23.5 Å². The summed E-state index contributed by atoms with van der Waals surface area (Å²) in [7, 11) is 0. The third-order valence-corrected chi connectivity index (χ3v) is 4.78. The number of anilines is 1. The van der Waals surface area contributed by atoms with E-state index in [-0.39, 0.29) is 5.91 Å². The Hall–Kier alpha value is -3.94. The maximum absolute atomic E-state index is 12.4. The zero-order valence-electron chi connectivity index (χ0n) is 16.8. The largest absolute Gasteiger partial charge is 0.326 e. The first-order valence-corrected chi connectivity index (χ1v) is 9.62. The molecule has 1 amide bonds. The predicted octanol–water partition coefficient (Wildman–Crippen LogP) is 4.73. The van der Waals surface area contributed by atoms with E-state index in [2.05, 4.69) is 30.6 Å². The van der Waals surface area contributed by atoms with Gasteiger partial charge in [0.25, 0.3) is 5.78 Å². The van der Waals surface area contributed by atoms with Gasteiger partial charge in [-0.3, -0.25) is 4.79 Å². The van der Waals surface area contributed by atoms with Crippen molar-refractivity contribution in [2.45, 2.75) is 26.7 Å². The van der Waals surface area contributed by atoms with E-state index in [1.165, 1.54) is 6.33 Å². The van der Waals surface area contributed by atoms with Crippen molar-refractivity contribution in [3.63, 3.8) is 0 Å². The van der Waals surface area contributed by atoms with Crippen molar-refractivity contribution < 1.29 is 4.79 Å². The molecule has 8 heteroatoms. The van der Waals surface area contributed by atoms with Gasteiger partial charge >= 0.3 is 0 Å². The average Bonchev–Trinajstić information content (AvgIpc) is 3.22. The molecule has 0 saturated carbocycles. The molecule has 0 atom stereocenters. The van der Waals surface area contributed by atoms with Crippen LogP contribution in [0.25, 0.3) is 5.78 Å². The maximum Gasteiger partial charge on any atom is 0.252 e. The Morgan fingerprint density at radius 1 is 1.00 bits per heavy atom. The number of benzene rings is 2. The third-order valence-electron chi connectivity index (χ3n) is 4.78. The molecule has 0 aliphatic carbocycles. The summed E-state index contributed by atoms with van der Waals surface area (Å²) in [6, 6.07) is 16.8. The monoisotopic (exact) mass is 399 g/mol. The highest BCUT2D eigenvalue weighted by Gasteiger charge is 2.12. The molecule has 0 aliphatic heterocycles. The second-order valence-electron chi connectivity index (χ2n) is 6.86. The van der Waals surface area contributed by atoms with E-state index in [9.17, 15) is 4.79 Å². The van der Waals surface area contributed by atoms with E-state index in [0.717, 1.165) is 34.0 Å². The molecular formula is C22H21N7O. The van der Waals surface area contributed by atoms with Crippen molar-refractivity contribution in [3.8, 4) is 0 Å². The number of carbonyl (C=O) groups excluding carboxylic acids is 1. The van der Waals surface area contributed by atoms with Crippen LogP contribution in [0, 0.1) is 13.8 Å². The van der Waals surface area contributed by atoms with Crippen molar-refractivity contribution in [1.29, 1.82) is 0 Å². The molecule has 1 N–H and O–H groups in total. The van der Waals surface area contributed by atoms with E-state index < -0.39 is 0 Å². The van der Waals surface area contributed by atoms with Gasteiger partial charge in [-0.1, -0.05) is 18.2 Å². The van der Waals surface area contributed by atoms with Crippen molar-refractivity contribution in [2.75, 3.05) is 5.32 Å². The molecule has 8 nitrogen and oxygen atoms in total. The number of aromatic nitrogens is 4. The highest BCUT2D eigenvalue weighted by Crippen LogP contribution is 2.20. The van der Waals surface area contributed by atoms with Crippen LogP contribution >= 0.6 is 0 Å². The maximum atomic E-state index is 12.4. The Kier molecular flexibility index (Phi) is 5.56. The van der Waals surface area contributed by atoms with E-state index in [4.69, 9.17) is 0 Å². The second-order valence-corrected chi connectivity index (χ2v) is 6.86. The minimum atomic E-state index is -0.0638. The lowest BCUT2D eigenvalue weighted by Gasteiger charge is -2.10. The second kappa shape index (κ2) is 8.60. The summed E-state index contributed by atoms with van der Waals surface area (Å²) in [5.74, 6) is 0.508. The summed E-state index contributed by atoms with van der Waals surface area (Å²) >= 11 is 0. The molecule has 4 aromatic rings. The molecule has 0 bridgehead atoms. The minimum absolute atomic E-state index is 0.0638. The lowest BCUT2D eigenvalue weighted by molar-refractivity contribution is -0.116. The zero-order valence-corrected chi connectivity index (χ0v) is 16.8. The van der Waals surface area contributed by atoms with Gasteiger partial charge in [0.2, 0.25) is 5.91 Å². The zero-order chi connectivity index (χ0) is 20.9. The average molecular weight is 399 g/mol. The minimum Gasteiger partial charge on any atom is -0.326 e. The fraction of sp³-hybridized carbons (Fsp3) is 0.182. The van der Waals surface area contributed by atoms with Crippen LogP contribution in [0.2, 0.25) is 0 Å². The molecule has 2 aromatic heterocycles. The van der Waals surface area contributed by atoms with Crippen LogP contribution in [0.5, 0.6) is 0 Å². The van der Waals surface area contributed by atoms with Crippen molar-refractivity contribution in [1.82, 2.24) is 19.6 Å².